The van der Waals surface area contributed by atoms with E-state index in [-0.39, 0.29) is 36.3 Å². The quantitative estimate of drug-likeness (QED) is 0.730. The number of carbonyl (C=O) groups is 2. The molecule has 2 aromatic rings. The Labute approximate surface area is 173 Å². The van der Waals surface area contributed by atoms with E-state index in [0.29, 0.717) is 0 Å². The zero-order chi connectivity index (χ0) is 21.0. The summed E-state index contributed by atoms with van der Waals surface area (Å²) in [5.74, 6) is -1.09. The number of nitrogens with one attached hydrogen (secondary N) is 1. The zero-order valence-electron chi connectivity index (χ0n) is 15.8. The van der Waals surface area contributed by atoms with Gasteiger partial charge in [-0.25, -0.2) is 12.8 Å². The lowest BCUT2D eigenvalue weighted by atomic mass is 10.2. The lowest BCUT2D eigenvalue weighted by Gasteiger charge is -2.29. The van der Waals surface area contributed by atoms with Crippen molar-refractivity contribution in [2.75, 3.05) is 24.6 Å². The van der Waals surface area contributed by atoms with E-state index in [1.54, 1.807) is 25.1 Å². The number of hydrogen-bond donors (Lipinski definition) is 1. The van der Waals surface area contributed by atoms with E-state index < -0.39 is 21.8 Å². The number of carbonyl (C=O) groups excluding carboxylic acids is 2. The minimum atomic E-state index is -3.07. The molecule has 29 heavy (non-hydrogen) atoms. The second kappa shape index (κ2) is 8.87. The molecular weight excluding hydrogens is 415 g/mol. The first-order chi connectivity index (χ1) is 13.7. The number of halogens is 1. The summed E-state index contributed by atoms with van der Waals surface area (Å²) in [4.78, 5) is 27.8. The molecule has 1 aromatic carbocycles. The largest absolute Gasteiger partial charge is 0.341 e. The number of benzene rings is 1. The summed E-state index contributed by atoms with van der Waals surface area (Å²) in [6, 6.07) is 9.19. The molecule has 0 aliphatic carbocycles. The van der Waals surface area contributed by atoms with E-state index >= 15 is 0 Å². The Morgan fingerprint density at radius 1 is 1.14 bits per heavy atom. The highest BCUT2D eigenvalue weighted by Crippen LogP contribution is 2.28. The molecule has 154 valence electrons. The van der Waals surface area contributed by atoms with Gasteiger partial charge < -0.3 is 10.2 Å². The highest BCUT2D eigenvalue weighted by atomic mass is 32.2. The number of rotatable bonds is 5. The minimum absolute atomic E-state index is 0.0475. The lowest BCUT2D eigenvalue weighted by molar-refractivity contribution is -0.134. The van der Waals surface area contributed by atoms with Crippen LogP contribution in [0.4, 0.5) is 4.39 Å². The molecule has 1 aliphatic heterocycles. The van der Waals surface area contributed by atoms with E-state index in [0.717, 1.165) is 15.3 Å². The van der Waals surface area contributed by atoms with Crippen molar-refractivity contribution < 1.29 is 22.4 Å². The van der Waals surface area contributed by atoms with Gasteiger partial charge in [0.1, 0.15) is 11.9 Å². The molecule has 0 spiro atoms. The predicted molar refractivity (Wildman–Crippen MR) is 112 cm³/mol. The SMILES string of the molecule is CC(NC(=O)C=Cc1ccc(-c2ccc(F)cc2)s1)C(=O)N1CCS(=O)(=O)CC1. The van der Waals surface area contributed by atoms with Crippen LogP contribution < -0.4 is 5.32 Å². The van der Waals surface area contributed by atoms with Gasteiger partial charge in [0.2, 0.25) is 11.8 Å². The molecule has 1 atom stereocenters. The van der Waals surface area contributed by atoms with Gasteiger partial charge in [0.15, 0.2) is 9.84 Å². The Kier molecular flexibility index (Phi) is 6.49. The molecule has 2 amide bonds. The molecule has 0 radical (unpaired) electrons. The maximum absolute atomic E-state index is 13.0. The zero-order valence-corrected chi connectivity index (χ0v) is 17.4. The average Bonchev–Trinajstić information content (AvgIpc) is 3.15. The van der Waals surface area contributed by atoms with Gasteiger partial charge in [0.05, 0.1) is 11.5 Å². The van der Waals surface area contributed by atoms with Crippen molar-refractivity contribution >= 4 is 39.1 Å². The molecule has 1 N–H and O–H groups in total. The van der Waals surface area contributed by atoms with Crippen LogP contribution >= 0.6 is 11.3 Å². The van der Waals surface area contributed by atoms with Gasteiger partial charge >= 0.3 is 0 Å². The van der Waals surface area contributed by atoms with Gasteiger partial charge in [-0.1, -0.05) is 12.1 Å². The second-order valence-electron chi connectivity index (χ2n) is 6.75. The van der Waals surface area contributed by atoms with Crippen LogP contribution in [0.3, 0.4) is 0 Å². The van der Waals surface area contributed by atoms with E-state index in [1.807, 2.05) is 12.1 Å². The third-order valence-electron chi connectivity index (χ3n) is 4.54. The van der Waals surface area contributed by atoms with Gasteiger partial charge in [-0.05, 0) is 42.8 Å². The fourth-order valence-electron chi connectivity index (χ4n) is 2.90. The Morgan fingerprint density at radius 3 is 2.45 bits per heavy atom. The van der Waals surface area contributed by atoms with E-state index in [4.69, 9.17) is 0 Å². The summed E-state index contributed by atoms with van der Waals surface area (Å²) >= 11 is 1.46. The molecule has 0 bridgehead atoms. The molecule has 1 aliphatic rings. The second-order valence-corrected chi connectivity index (χ2v) is 10.2. The van der Waals surface area contributed by atoms with Crippen LogP contribution in [-0.4, -0.2) is 55.8 Å². The molecule has 1 unspecified atom stereocenters. The summed E-state index contributed by atoms with van der Waals surface area (Å²) in [6.07, 6.45) is 3.00. The first-order valence-electron chi connectivity index (χ1n) is 9.07. The van der Waals surface area contributed by atoms with Crippen molar-refractivity contribution in [2.24, 2.45) is 0 Å². The molecule has 1 saturated heterocycles. The summed E-state index contributed by atoms with van der Waals surface area (Å²) in [7, 11) is -3.07. The van der Waals surface area contributed by atoms with E-state index in [2.05, 4.69) is 5.32 Å². The molecule has 9 heteroatoms. The molecule has 1 aromatic heterocycles. The monoisotopic (exact) mass is 436 g/mol. The Morgan fingerprint density at radius 2 is 1.79 bits per heavy atom. The van der Waals surface area contributed by atoms with Gasteiger partial charge in [0.25, 0.3) is 0 Å². The fraction of sp³-hybridized carbons (Fsp3) is 0.300. The number of sulfone groups is 1. The first-order valence-corrected chi connectivity index (χ1v) is 11.7. The topological polar surface area (TPSA) is 83.6 Å². The molecule has 1 fully saturated rings. The summed E-state index contributed by atoms with van der Waals surface area (Å²) in [6.45, 7) is 1.88. The number of hydrogen-bond acceptors (Lipinski definition) is 5. The summed E-state index contributed by atoms with van der Waals surface area (Å²) in [5.41, 5.74) is 0.892. The Balaban J connectivity index is 1.54. The van der Waals surface area contributed by atoms with Crippen LogP contribution in [0.5, 0.6) is 0 Å². The number of amides is 2. The van der Waals surface area contributed by atoms with Crippen LogP contribution in [0.25, 0.3) is 16.5 Å². The van der Waals surface area contributed by atoms with Crippen molar-refractivity contribution in [3.63, 3.8) is 0 Å². The van der Waals surface area contributed by atoms with Crippen molar-refractivity contribution in [2.45, 2.75) is 13.0 Å². The lowest BCUT2D eigenvalue weighted by Crippen LogP contribution is -2.51. The Bertz CT molecular complexity index is 1020. The Hall–Kier alpha value is -2.52. The van der Waals surface area contributed by atoms with Gasteiger partial charge in [-0.3, -0.25) is 9.59 Å². The molecule has 6 nitrogen and oxygen atoms in total. The molecular formula is C20H21FN2O4S2. The maximum Gasteiger partial charge on any atom is 0.244 e. The van der Waals surface area contributed by atoms with Gasteiger partial charge in [-0.15, -0.1) is 11.3 Å². The van der Waals surface area contributed by atoms with Crippen molar-refractivity contribution in [1.82, 2.24) is 10.2 Å². The van der Waals surface area contributed by atoms with Crippen LogP contribution in [0.15, 0.2) is 42.5 Å². The highest BCUT2D eigenvalue weighted by molar-refractivity contribution is 7.91. The predicted octanol–water partition coefficient (Wildman–Crippen LogP) is 2.33. The van der Waals surface area contributed by atoms with Gasteiger partial charge in [-0.2, -0.15) is 0 Å². The van der Waals surface area contributed by atoms with Crippen molar-refractivity contribution in [3.8, 4) is 10.4 Å². The maximum atomic E-state index is 13.0. The standard InChI is InChI=1S/C20H21FN2O4S2/c1-14(20(25)23-10-12-29(26,27)13-11-23)22-19(24)9-7-17-6-8-18(28-17)15-2-4-16(21)5-3-15/h2-9,14H,10-13H2,1H3,(H,22,24). The van der Waals surface area contributed by atoms with Crippen LogP contribution in [0, 0.1) is 5.82 Å². The smallest absolute Gasteiger partial charge is 0.244 e. The fourth-order valence-corrected chi connectivity index (χ4v) is 5.02. The van der Waals surface area contributed by atoms with Crippen molar-refractivity contribution in [3.05, 3.63) is 53.2 Å². The summed E-state index contributed by atoms with van der Waals surface area (Å²) < 4.78 is 35.9. The third kappa shape index (κ3) is 5.74. The minimum Gasteiger partial charge on any atom is -0.341 e. The third-order valence-corrected chi connectivity index (χ3v) is 7.25. The molecule has 2 heterocycles. The first kappa shape index (κ1) is 21.2. The normalized spacial score (nSPS) is 17.2. The number of nitrogens with zero attached hydrogens (tertiary/aromatic N) is 1. The molecule has 0 saturated carbocycles. The van der Waals surface area contributed by atoms with E-state index in [1.165, 1.54) is 34.4 Å². The van der Waals surface area contributed by atoms with Crippen LogP contribution in [0.1, 0.15) is 11.8 Å². The number of thiophene rings is 1. The van der Waals surface area contributed by atoms with Crippen molar-refractivity contribution in [1.29, 1.82) is 0 Å². The van der Waals surface area contributed by atoms with Crippen LogP contribution in [0.2, 0.25) is 0 Å². The summed E-state index contributed by atoms with van der Waals surface area (Å²) in [5, 5.41) is 2.61. The highest BCUT2D eigenvalue weighted by Gasteiger charge is 2.28. The molecule has 3 rings (SSSR count). The van der Waals surface area contributed by atoms with Gasteiger partial charge in [0, 0.05) is 28.9 Å². The van der Waals surface area contributed by atoms with Crippen LogP contribution in [-0.2, 0) is 19.4 Å². The van der Waals surface area contributed by atoms with E-state index in [9.17, 15) is 22.4 Å². The average molecular weight is 437 g/mol.